The SMILES string of the molecule is Nc1cc(Cl)c(I)nc1C(F)F. The quantitative estimate of drug-likeness (QED) is 0.640. The molecule has 0 atom stereocenters. The number of hydrogen-bond acceptors (Lipinski definition) is 2. The van der Waals surface area contributed by atoms with Crippen LogP contribution in [0.3, 0.4) is 0 Å². The van der Waals surface area contributed by atoms with Gasteiger partial charge in [-0.25, -0.2) is 13.8 Å². The van der Waals surface area contributed by atoms with Crippen molar-refractivity contribution in [2.75, 3.05) is 5.73 Å². The minimum atomic E-state index is -2.66. The number of rotatable bonds is 1. The first-order valence-corrected chi connectivity index (χ1v) is 4.37. The molecule has 0 bridgehead atoms. The van der Waals surface area contributed by atoms with Crippen LogP contribution in [0, 0.1) is 3.70 Å². The number of anilines is 1. The van der Waals surface area contributed by atoms with Crippen LogP contribution >= 0.6 is 34.2 Å². The highest BCUT2D eigenvalue weighted by Crippen LogP contribution is 2.27. The van der Waals surface area contributed by atoms with E-state index in [4.69, 9.17) is 17.3 Å². The summed E-state index contributed by atoms with van der Waals surface area (Å²) in [5, 5.41) is 0.289. The molecule has 66 valence electrons. The number of halogens is 4. The van der Waals surface area contributed by atoms with Crippen LogP contribution in [0.15, 0.2) is 6.07 Å². The van der Waals surface area contributed by atoms with Crippen molar-refractivity contribution in [2.24, 2.45) is 0 Å². The lowest BCUT2D eigenvalue weighted by atomic mass is 10.3. The average molecular weight is 304 g/mol. The molecule has 12 heavy (non-hydrogen) atoms. The van der Waals surface area contributed by atoms with Crippen LogP contribution in [-0.2, 0) is 0 Å². The van der Waals surface area contributed by atoms with Gasteiger partial charge in [-0.3, -0.25) is 0 Å². The van der Waals surface area contributed by atoms with Crippen molar-refractivity contribution >= 4 is 39.9 Å². The molecular weight excluding hydrogens is 300 g/mol. The van der Waals surface area contributed by atoms with Crippen LogP contribution in [0.5, 0.6) is 0 Å². The number of nitrogens with zero attached hydrogens (tertiary/aromatic N) is 1. The lowest BCUT2D eigenvalue weighted by Crippen LogP contribution is -2.00. The molecular formula is C6H4ClF2IN2. The van der Waals surface area contributed by atoms with Gasteiger partial charge in [0.25, 0.3) is 6.43 Å². The molecule has 0 saturated heterocycles. The molecule has 1 rings (SSSR count). The third-order valence-corrected chi connectivity index (χ3v) is 2.63. The van der Waals surface area contributed by atoms with Gasteiger partial charge in [0.05, 0.1) is 10.7 Å². The minimum absolute atomic E-state index is 0.0737. The van der Waals surface area contributed by atoms with E-state index in [0.29, 0.717) is 3.70 Å². The molecule has 0 unspecified atom stereocenters. The molecule has 0 saturated carbocycles. The van der Waals surface area contributed by atoms with E-state index in [1.807, 2.05) is 0 Å². The van der Waals surface area contributed by atoms with Crippen LogP contribution in [-0.4, -0.2) is 4.98 Å². The Kier molecular flexibility index (Phi) is 3.05. The summed E-state index contributed by atoms with van der Waals surface area (Å²) in [5.41, 5.74) is 4.77. The molecule has 2 N–H and O–H groups in total. The Morgan fingerprint density at radius 1 is 1.58 bits per heavy atom. The Bertz CT molecular complexity index is 306. The molecule has 0 fully saturated rings. The summed E-state index contributed by atoms with van der Waals surface area (Å²) in [6.07, 6.45) is -2.66. The van der Waals surface area contributed by atoms with Crippen LogP contribution in [0.2, 0.25) is 5.02 Å². The highest BCUT2D eigenvalue weighted by molar-refractivity contribution is 14.1. The monoisotopic (exact) mass is 304 g/mol. The van der Waals surface area contributed by atoms with E-state index in [0.717, 1.165) is 0 Å². The van der Waals surface area contributed by atoms with Crippen molar-refractivity contribution in [3.63, 3.8) is 0 Å². The lowest BCUT2D eigenvalue weighted by Gasteiger charge is -2.04. The summed E-state index contributed by atoms with van der Waals surface area (Å²) in [6, 6.07) is 1.28. The van der Waals surface area contributed by atoms with Crippen molar-refractivity contribution in [1.29, 1.82) is 0 Å². The second-order valence-corrected chi connectivity index (χ2v) is 3.47. The first kappa shape index (κ1) is 9.91. The second kappa shape index (κ2) is 3.69. The number of pyridine rings is 1. The first-order chi connectivity index (χ1) is 5.52. The molecule has 1 aromatic heterocycles. The van der Waals surface area contributed by atoms with Gasteiger partial charge in [-0.2, -0.15) is 0 Å². The van der Waals surface area contributed by atoms with Gasteiger partial charge in [-0.1, -0.05) is 11.6 Å². The molecule has 0 aliphatic rings. The van der Waals surface area contributed by atoms with E-state index >= 15 is 0 Å². The van der Waals surface area contributed by atoms with Crippen LogP contribution in [0.25, 0.3) is 0 Å². The Morgan fingerprint density at radius 3 is 2.67 bits per heavy atom. The normalized spacial score (nSPS) is 10.8. The van der Waals surface area contributed by atoms with Gasteiger partial charge in [-0.05, 0) is 28.7 Å². The molecule has 2 nitrogen and oxygen atoms in total. The summed E-state index contributed by atoms with van der Waals surface area (Å²) >= 11 is 7.36. The van der Waals surface area contributed by atoms with Crippen LogP contribution in [0.1, 0.15) is 12.1 Å². The number of aromatic nitrogens is 1. The average Bonchev–Trinajstić information content (AvgIpc) is 1.96. The maximum atomic E-state index is 12.2. The van der Waals surface area contributed by atoms with E-state index < -0.39 is 12.1 Å². The number of hydrogen-bond donors (Lipinski definition) is 1. The fourth-order valence-corrected chi connectivity index (χ4v) is 1.24. The molecule has 0 aliphatic heterocycles. The molecule has 0 spiro atoms. The number of nitrogens with two attached hydrogens (primary N) is 1. The predicted octanol–water partition coefficient (Wildman–Crippen LogP) is 2.86. The summed E-state index contributed by atoms with van der Waals surface area (Å²) < 4.78 is 24.6. The van der Waals surface area contributed by atoms with Gasteiger partial charge in [0.2, 0.25) is 0 Å². The Balaban J connectivity index is 3.23. The fraction of sp³-hybridized carbons (Fsp3) is 0.167. The topological polar surface area (TPSA) is 38.9 Å². The highest BCUT2D eigenvalue weighted by atomic mass is 127. The molecule has 1 aromatic rings. The van der Waals surface area contributed by atoms with Crippen molar-refractivity contribution in [1.82, 2.24) is 4.98 Å². The van der Waals surface area contributed by atoms with Crippen molar-refractivity contribution in [3.05, 3.63) is 20.5 Å². The molecule has 0 radical (unpaired) electrons. The summed E-state index contributed by atoms with van der Waals surface area (Å²) in [7, 11) is 0. The molecule has 0 aliphatic carbocycles. The maximum absolute atomic E-state index is 12.2. The molecule has 6 heteroatoms. The Hall–Kier alpha value is -0.170. The second-order valence-electron chi connectivity index (χ2n) is 2.04. The lowest BCUT2D eigenvalue weighted by molar-refractivity contribution is 0.147. The summed E-state index contributed by atoms with van der Waals surface area (Å²) in [6.45, 7) is 0. The minimum Gasteiger partial charge on any atom is -0.397 e. The molecule has 0 aromatic carbocycles. The Morgan fingerprint density at radius 2 is 2.17 bits per heavy atom. The van der Waals surface area contributed by atoms with Gasteiger partial charge in [0, 0.05) is 0 Å². The third kappa shape index (κ3) is 1.95. The van der Waals surface area contributed by atoms with Crippen molar-refractivity contribution in [2.45, 2.75) is 6.43 Å². The van der Waals surface area contributed by atoms with Gasteiger partial charge < -0.3 is 5.73 Å². The van der Waals surface area contributed by atoms with Gasteiger partial charge in [0.15, 0.2) is 0 Å². The third-order valence-electron chi connectivity index (χ3n) is 1.20. The highest BCUT2D eigenvalue weighted by Gasteiger charge is 2.15. The standard InChI is InChI=1S/C6H4ClF2IN2/c7-2-1-3(11)4(5(8)9)12-6(2)10/h1,5H,11H2. The zero-order valence-corrected chi connectivity index (χ0v) is 8.60. The van der Waals surface area contributed by atoms with E-state index in [2.05, 4.69) is 4.98 Å². The Labute approximate surface area is 86.3 Å². The van der Waals surface area contributed by atoms with Crippen molar-refractivity contribution < 1.29 is 8.78 Å². The number of alkyl halides is 2. The van der Waals surface area contributed by atoms with Gasteiger partial charge in [-0.15, -0.1) is 0 Å². The van der Waals surface area contributed by atoms with Crippen LogP contribution in [0.4, 0.5) is 14.5 Å². The maximum Gasteiger partial charge on any atom is 0.282 e. The van der Waals surface area contributed by atoms with Crippen LogP contribution < -0.4 is 5.73 Å². The molecule has 1 heterocycles. The first-order valence-electron chi connectivity index (χ1n) is 2.92. The fourth-order valence-electron chi connectivity index (χ4n) is 0.669. The number of nitrogen functional groups attached to an aromatic ring is 1. The van der Waals surface area contributed by atoms with E-state index in [1.165, 1.54) is 6.07 Å². The molecule has 0 amide bonds. The van der Waals surface area contributed by atoms with Gasteiger partial charge >= 0.3 is 0 Å². The van der Waals surface area contributed by atoms with E-state index in [-0.39, 0.29) is 10.7 Å². The van der Waals surface area contributed by atoms with Crippen molar-refractivity contribution in [3.8, 4) is 0 Å². The smallest absolute Gasteiger partial charge is 0.282 e. The summed E-state index contributed by atoms with van der Waals surface area (Å²) in [5.74, 6) is 0. The van der Waals surface area contributed by atoms with E-state index in [9.17, 15) is 8.78 Å². The zero-order chi connectivity index (χ0) is 9.30. The zero-order valence-electron chi connectivity index (χ0n) is 5.69. The largest absolute Gasteiger partial charge is 0.397 e. The summed E-state index contributed by atoms with van der Waals surface area (Å²) in [4.78, 5) is 3.55. The predicted molar refractivity (Wildman–Crippen MR) is 51.3 cm³/mol. The van der Waals surface area contributed by atoms with E-state index in [1.54, 1.807) is 22.6 Å². The van der Waals surface area contributed by atoms with Gasteiger partial charge in [0.1, 0.15) is 9.39 Å².